The predicted molar refractivity (Wildman–Crippen MR) is 74.4 cm³/mol. The fraction of sp³-hybridized carbons (Fsp3) is 0.500. The van der Waals surface area contributed by atoms with Crippen LogP contribution in [0.5, 0.6) is 0 Å². The van der Waals surface area contributed by atoms with Gasteiger partial charge >= 0.3 is 0 Å². The molecule has 1 aliphatic rings. The standard InChI is InChI=1S/C16H22O3/c1-4-5-11-14-15(12(2)3)18-19-16(17-14)13-9-7-6-8-10-13/h6-10,14-16H,2,4-5,11H2,1,3H3/t14-,15-,16-/m0/s1. The van der Waals surface area contributed by atoms with Crippen LogP contribution in [0.2, 0.25) is 0 Å². The summed E-state index contributed by atoms with van der Waals surface area (Å²) in [4.78, 5) is 10.9. The molecule has 0 N–H and O–H groups in total. The third-order valence-electron chi connectivity index (χ3n) is 3.28. The van der Waals surface area contributed by atoms with Gasteiger partial charge in [-0.25, -0.2) is 4.89 Å². The number of unbranched alkanes of at least 4 members (excludes halogenated alkanes) is 1. The Morgan fingerprint density at radius 2 is 1.95 bits per heavy atom. The van der Waals surface area contributed by atoms with Crippen LogP contribution in [0.3, 0.4) is 0 Å². The highest BCUT2D eigenvalue weighted by atomic mass is 17.2. The van der Waals surface area contributed by atoms with Crippen LogP contribution in [0.25, 0.3) is 0 Å². The molecule has 1 heterocycles. The van der Waals surface area contributed by atoms with Gasteiger partial charge in [-0.05, 0) is 18.9 Å². The van der Waals surface area contributed by atoms with E-state index in [4.69, 9.17) is 14.5 Å². The third-order valence-corrected chi connectivity index (χ3v) is 3.28. The van der Waals surface area contributed by atoms with Crippen molar-refractivity contribution in [3.63, 3.8) is 0 Å². The molecule has 3 atom stereocenters. The first kappa shape index (κ1) is 14.3. The Labute approximate surface area is 115 Å². The molecule has 3 heteroatoms. The van der Waals surface area contributed by atoms with E-state index in [2.05, 4.69) is 13.5 Å². The van der Waals surface area contributed by atoms with Crippen molar-refractivity contribution in [3.05, 3.63) is 48.0 Å². The minimum absolute atomic E-state index is 0.0106. The first-order valence-electron chi connectivity index (χ1n) is 6.90. The Hall–Kier alpha value is -1.16. The summed E-state index contributed by atoms with van der Waals surface area (Å²) >= 11 is 0. The Balaban J connectivity index is 2.05. The summed E-state index contributed by atoms with van der Waals surface area (Å²) in [6, 6.07) is 9.86. The molecule has 0 aliphatic carbocycles. The molecule has 104 valence electrons. The Bertz CT molecular complexity index is 402. The van der Waals surface area contributed by atoms with Crippen molar-refractivity contribution < 1.29 is 14.5 Å². The molecule has 0 bridgehead atoms. The lowest BCUT2D eigenvalue weighted by Crippen LogP contribution is -2.39. The van der Waals surface area contributed by atoms with Crippen molar-refractivity contribution >= 4 is 0 Å². The lowest BCUT2D eigenvalue weighted by Gasteiger charge is -2.35. The van der Waals surface area contributed by atoms with E-state index < -0.39 is 6.29 Å². The monoisotopic (exact) mass is 262 g/mol. The van der Waals surface area contributed by atoms with Gasteiger partial charge in [-0.2, -0.15) is 4.89 Å². The van der Waals surface area contributed by atoms with Gasteiger partial charge in [0.05, 0.1) is 6.10 Å². The number of benzene rings is 1. The quantitative estimate of drug-likeness (QED) is 0.589. The molecule has 1 saturated heterocycles. The van der Waals surface area contributed by atoms with E-state index in [-0.39, 0.29) is 12.2 Å². The molecule has 0 radical (unpaired) electrons. The molecule has 1 fully saturated rings. The van der Waals surface area contributed by atoms with Crippen molar-refractivity contribution in [3.8, 4) is 0 Å². The molecule has 1 aliphatic heterocycles. The van der Waals surface area contributed by atoms with E-state index in [9.17, 15) is 0 Å². The average molecular weight is 262 g/mol. The second-order valence-electron chi connectivity index (χ2n) is 5.02. The maximum absolute atomic E-state index is 6.04. The molecule has 0 saturated carbocycles. The molecule has 2 rings (SSSR count). The largest absolute Gasteiger partial charge is 0.340 e. The SMILES string of the molecule is C=C(C)[C@@H]1OO[C@@H](c2ccccc2)O[C@H]1CCCC. The van der Waals surface area contributed by atoms with Crippen LogP contribution in [-0.4, -0.2) is 12.2 Å². The van der Waals surface area contributed by atoms with Crippen molar-refractivity contribution in [2.24, 2.45) is 0 Å². The van der Waals surface area contributed by atoms with Gasteiger partial charge in [0.1, 0.15) is 6.10 Å². The van der Waals surface area contributed by atoms with Crippen LogP contribution in [-0.2, 0) is 14.5 Å². The summed E-state index contributed by atoms with van der Waals surface area (Å²) in [6.07, 6.45) is 2.60. The molecule has 0 amide bonds. The van der Waals surface area contributed by atoms with E-state index in [1.807, 2.05) is 37.3 Å². The van der Waals surface area contributed by atoms with Gasteiger partial charge < -0.3 is 4.74 Å². The number of rotatable bonds is 5. The zero-order valence-electron chi connectivity index (χ0n) is 11.7. The second kappa shape index (κ2) is 6.85. The Kier molecular flexibility index (Phi) is 5.14. The van der Waals surface area contributed by atoms with Crippen molar-refractivity contribution in [1.82, 2.24) is 0 Å². The van der Waals surface area contributed by atoms with Crippen LogP contribution in [0.1, 0.15) is 45.0 Å². The maximum atomic E-state index is 6.04. The summed E-state index contributed by atoms with van der Waals surface area (Å²) in [5.74, 6) is 0. The van der Waals surface area contributed by atoms with Crippen LogP contribution in [0, 0.1) is 0 Å². The first-order chi connectivity index (χ1) is 9.22. The van der Waals surface area contributed by atoms with Crippen LogP contribution in [0.4, 0.5) is 0 Å². The molecule has 1 aromatic rings. The highest BCUT2D eigenvalue weighted by Gasteiger charge is 2.34. The Morgan fingerprint density at radius 3 is 2.58 bits per heavy atom. The number of ether oxygens (including phenoxy) is 1. The summed E-state index contributed by atoms with van der Waals surface area (Å²) in [5, 5.41) is 0. The van der Waals surface area contributed by atoms with Gasteiger partial charge in [0.15, 0.2) is 0 Å². The molecular weight excluding hydrogens is 240 g/mol. The second-order valence-corrected chi connectivity index (χ2v) is 5.02. The zero-order chi connectivity index (χ0) is 13.7. The summed E-state index contributed by atoms with van der Waals surface area (Å²) in [7, 11) is 0. The smallest absolute Gasteiger partial charge is 0.217 e. The molecule has 19 heavy (non-hydrogen) atoms. The van der Waals surface area contributed by atoms with Gasteiger partial charge in [-0.1, -0.05) is 56.7 Å². The van der Waals surface area contributed by atoms with Crippen molar-refractivity contribution in [2.75, 3.05) is 0 Å². The lowest BCUT2D eigenvalue weighted by molar-refractivity contribution is -0.456. The van der Waals surface area contributed by atoms with Crippen LogP contribution < -0.4 is 0 Å². The minimum Gasteiger partial charge on any atom is -0.340 e. The number of hydrogen-bond donors (Lipinski definition) is 0. The molecule has 1 aromatic carbocycles. The fourth-order valence-electron chi connectivity index (χ4n) is 2.19. The van der Waals surface area contributed by atoms with E-state index in [1.54, 1.807) is 0 Å². The Morgan fingerprint density at radius 1 is 1.21 bits per heavy atom. The first-order valence-corrected chi connectivity index (χ1v) is 6.90. The summed E-state index contributed by atoms with van der Waals surface area (Å²) in [5.41, 5.74) is 1.91. The van der Waals surface area contributed by atoms with E-state index in [0.717, 1.165) is 30.4 Å². The lowest BCUT2D eigenvalue weighted by atomic mass is 10.0. The molecule has 0 unspecified atom stereocenters. The molecular formula is C16H22O3. The topological polar surface area (TPSA) is 27.7 Å². The van der Waals surface area contributed by atoms with Gasteiger partial charge in [-0.3, -0.25) is 0 Å². The van der Waals surface area contributed by atoms with Gasteiger partial charge in [0.2, 0.25) is 6.29 Å². The number of hydrogen-bond acceptors (Lipinski definition) is 3. The van der Waals surface area contributed by atoms with E-state index >= 15 is 0 Å². The van der Waals surface area contributed by atoms with Gasteiger partial charge in [0, 0.05) is 5.56 Å². The van der Waals surface area contributed by atoms with E-state index in [1.165, 1.54) is 0 Å². The molecule has 0 spiro atoms. The summed E-state index contributed by atoms with van der Waals surface area (Å²) < 4.78 is 6.04. The average Bonchev–Trinajstić information content (AvgIpc) is 2.45. The normalized spacial score (nSPS) is 27.2. The summed E-state index contributed by atoms with van der Waals surface area (Å²) in [6.45, 7) is 8.06. The fourth-order valence-corrected chi connectivity index (χ4v) is 2.19. The molecule has 3 nitrogen and oxygen atoms in total. The molecule has 0 aromatic heterocycles. The van der Waals surface area contributed by atoms with Crippen molar-refractivity contribution in [1.29, 1.82) is 0 Å². The van der Waals surface area contributed by atoms with Crippen LogP contribution >= 0.6 is 0 Å². The zero-order valence-corrected chi connectivity index (χ0v) is 11.7. The highest BCUT2D eigenvalue weighted by Crippen LogP contribution is 2.32. The third kappa shape index (κ3) is 3.66. The van der Waals surface area contributed by atoms with Crippen LogP contribution in [0.15, 0.2) is 42.5 Å². The van der Waals surface area contributed by atoms with Crippen molar-refractivity contribution in [2.45, 2.75) is 51.6 Å². The van der Waals surface area contributed by atoms with Gasteiger partial charge in [-0.15, -0.1) is 0 Å². The predicted octanol–water partition coefficient (Wildman–Crippen LogP) is 4.17. The van der Waals surface area contributed by atoms with E-state index in [0.29, 0.717) is 0 Å². The highest BCUT2D eigenvalue weighted by molar-refractivity contribution is 5.16. The van der Waals surface area contributed by atoms with Gasteiger partial charge in [0.25, 0.3) is 0 Å². The maximum Gasteiger partial charge on any atom is 0.217 e. The minimum atomic E-state index is -0.446.